The molecule has 0 aliphatic carbocycles. The zero-order valence-corrected chi connectivity index (χ0v) is 12.4. The smallest absolute Gasteiger partial charge is 0.193 e. The fourth-order valence-corrected chi connectivity index (χ4v) is 1.96. The lowest BCUT2D eigenvalue weighted by Crippen LogP contribution is -2.10. The summed E-state index contributed by atoms with van der Waals surface area (Å²) in [6.07, 6.45) is 3.11. The van der Waals surface area contributed by atoms with Crippen molar-refractivity contribution in [2.75, 3.05) is 7.11 Å². The highest BCUT2D eigenvalue weighted by Crippen LogP contribution is 2.13. The predicted molar refractivity (Wildman–Crippen MR) is 77.0 cm³/mol. The Bertz CT molecular complexity index is 643. The van der Waals surface area contributed by atoms with Gasteiger partial charge in [0.2, 0.25) is 0 Å². The molecule has 0 saturated carbocycles. The number of ketones is 1. The fourth-order valence-electron chi connectivity index (χ4n) is 1.70. The van der Waals surface area contributed by atoms with Crippen molar-refractivity contribution in [2.45, 2.75) is 11.4 Å². The molecule has 0 saturated heterocycles. The Labute approximate surface area is 124 Å². The quantitative estimate of drug-likeness (QED) is 0.622. The van der Waals surface area contributed by atoms with Gasteiger partial charge in [-0.2, -0.15) is 10.4 Å². The second-order valence-corrected chi connectivity index (χ2v) is 5.05. The van der Waals surface area contributed by atoms with Crippen LogP contribution in [0, 0.1) is 11.3 Å². The Morgan fingerprint density at radius 1 is 1.50 bits per heavy atom. The molecule has 6 heteroatoms. The van der Waals surface area contributed by atoms with Crippen LogP contribution in [0.2, 0.25) is 0 Å². The van der Waals surface area contributed by atoms with Crippen LogP contribution in [0.5, 0.6) is 5.75 Å². The highest BCUT2D eigenvalue weighted by Gasteiger charge is 2.17. The summed E-state index contributed by atoms with van der Waals surface area (Å²) < 4.78 is 6.75. The molecule has 1 heterocycles. The van der Waals surface area contributed by atoms with Gasteiger partial charge >= 0.3 is 0 Å². The minimum absolute atomic E-state index is 0.284. The first kappa shape index (κ1) is 14.3. The molecule has 1 aromatic carbocycles. The molecule has 0 N–H and O–H groups in total. The molecule has 2 rings (SSSR count). The first-order valence-corrected chi connectivity index (χ1v) is 6.79. The van der Waals surface area contributed by atoms with Crippen LogP contribution in [-0.2, 0) is 6.54 Å². The SMILES string of the molecule is COc1ccc(Cn2cc(C(=O)C(Br)C#N)cn2)cc1. The van der Waals surface area contributed by atoms with E-state index in [4.69, 9.17) is 10.00 Å². The molecule has 1 atom stereocenters. The molecule has 0 amide bonds. The van der Waals surface area contributed by atoms with Gasteiger partial charge in [-0.05, 0) is 17.7 Å². The van der Waals surface area contributed by atoms with E-state index in [0.29, 0.717) is 12.1 Å². The lowest BCUT2D eigenvalue weighted by Gasteiger charge is -2.03. The van der Waals surface area contributed by atoms with Crippen molar-refractivity contribution in [2.24, 2.45) is 0 Å². The normalized spacial score (nSPS) is 11.7. The van der Waals surface area contributed by atoms with Gasteiger partial charge in [-0.1, -0.05) is 28.1 Å². The minimum atomic E-state index is -0.832. The molecule has 1 unspecified atom stereocenters. The van der Waals surface area contributed by atoms with Crippen LogP contribution in [0.4, 0.5) is 0 Å². The number of carbonyl (C=O) groups excluding carboxylic acids is 1. The van der Waals surface area contributed by atoms with E-state index in [9.17, 15) is 4.79 Å². The second kappa shape index (κ2) is 6.35. The number of halogens is 1. The summed E-state index contributed by atoms with van der Waals surface area (Å²) in [5.74, 6) is 0.509. The lowest BCUT2D eigenvalue weighted by molar-refractivity contribution is 0.100. The fraction of sp³-hybridized carbons (Fsp3) is 0.214. The van der Waals surface area contributed by atoms with E-state index in [1.165, 1.54) is 6.20 Å². The van der Waals surface area contributed by atoms with Gasteiger partial charge in [0.15, 0.2) is 10.6 Å². The topological polar surface area (TPSA) is 67.9 Å². The Balaban J connectivity index is 2.09. The number of hydrogen-bond acceptors (Lipinski definition) is 4. The number of benzene rings is 1. The third-order valence-electron chi connectivity index (χ3n) is 2.76. The highest BCUT2D eigenvalue weighted by atomic mass is 79.9. The Morgan fingerprint density at radius 3 is 2.80 bits per heavy atom. The van der Waals surface area contributed by atoms with Crippen LogP contribution in [0.3, 0.4) is 0 Å². The number of ether oxygens (including phenoxy) is 1. The molecule has 1 aromatic heterocycles. The Hall–Kier alpha value is -2.13. The van der Waals surface area contributed by atoms with Crippen LogP contribution in [0.1, 0.15) is 15.9 Å². The van der Waals surface area contributed by atoms with E-state index in [-0.39, 0.29) is 5.78 Å². The van der Waals surface area contributed by atoms with Crippen molar-refractivity contribution in [1.29, 1.82) is 5.26 Å². The minimum Gasteiger partial charge on any atom is -0.497 e. The Morgan fingerprint density at radius 2 is 2.20 bits per heavy atom. The zero-order chi connectivity index (χ0) is 14.5. The van der Waals surface area contributed by atoms with Crippen molar-refractivity contribution in [3.63, 3.8) is 0 Å². The van der Waals surface area contributed by atoms with Crippen LogP contribution in [-0.4, -0.2) is 27.5 Å². The van der Waals surface area contributed by atoms with Gasteiger partial charge in [-0.25, -0.2) is 0 Å². The first-order chi connectivity index (χ1) is 9.63. The number of Topliss-reactive ketones (excluding diaryl/α,β-unsaturated/α-hetero) is 1. The molecule has 20 heavy (non-hydrogen) atoms. The second-order valence-electron chi connectivity index (χ2n) is 4.13. The molecular weight excluding hydrogens is 322 g/mol. The predicted octanol–water partition coefficient (Wildman–Crippen LogP) is 2.41. The average molecular weight is 334 g/mol. The van der Waals surface area contributed by atoms with E-state index >= 15 is 0 Å². The van der Waals surface area contributed by atoms with E-state index < -0.39 is 4.83 Å². The van der Waals surface area contributed by atoms with E-state index in [0.717, 1.165) is 11.3 Å². The Kier molecular flexibility index (Phi) is 4.53. The third-order valence-corrected chi connectivity index (χ3v) is 3.39. The average Bonchev–Trinajstić information content (AvgIpc) is 2.95. The maximum Gasteiger partial charge on any atom is 0.193 e. The number of nitrogens with zero attached hydrogens (tertiary/aromatic N) is 3. The summed E-state index contributed by atoms with van der Waals surface area (Å²) >= 11 is 3.01. The molecule has 2 aromatic rings. The zero-order valence-electron chi connectivity index (χ0n) is 10.8. The van der Waals surface area contributed by atoms with Crippen LogP contribution >= 0.6 is 15.9 Å². The number of nitriles is 1. The number of hydrogen-bond donors (Lipinski definition) is 0. The molecule has 0 bridgehead atoms. The number of carbonyl (C=O) groups is 1. The monoisotopic (exact) mass is 333 g/mol. The molecule has 5 nitrogen and oxygen atoms in total. The maximum absolute atomic E-state index is 11.8. The summed E-state index contributed by atoms with van der Waals surface area (Å²) in [7, 11) is 1.62. The van der Waals surface area contributed by atoms with Crippen molar-refractivity contribution in [3.05, 3.63) is 47.8 Å². The summed E-state index contributed by atoms with van der Waals surface area (Å²) in [5, 5.41) is 12.8. The van der Waals surface area contributed by atoms with Gasteiger partial charge in [0.05, 0.1) is 31.5 Å². The van der Waals surface area contributed by atoms with E-state index in [1.807, 2.05) is 30.3 Å². The third kappa shape index (κ3) is 3.25. The standard InChI is InChI=1S/C14H12BrN3O2/c1-20-12-4-2-10(3-5-12)8-18-9-11(7-17-18)14(19)13(15)6-16/h2-5,7,9,13H,8H2,1H3. The molecule has 0 aliphatic heterocycles. The summed E-state index contributed by atoms with van der Waals surface area (Å²) in [4.78, 5) is 11.0. The molecule has 0 aliphatic rings. The van der Waals surface area contributed by atoms with Crippen LogP contribution in [0.25, 0.3) is 0 Å². The number of alkyl halides is 1. The summed E-state index contributed by atoms with van der Waals surface area (Å²) in [6, 6.07) is 9.46. The van der Waals surface area contributed by atoms with Crippen LogP contribution in [0.15, 0.2) is 36.7 Å². The van der Waals surface area contributed by atoms with Crippen molar-refractivity contribution < 1.29 is 9.53 Å². The summed E-state index contributed by atoms with van der Waals surface area (Å²) in [6.45, 7) is 0.552. The molecule has 102 valence electrons. The van der Waals surface area contributed by atoms with Crippen LogP contribution < -0.4 is 4.74 Å². The van der Waals surface area contributed by atoms with Gasteiger partial charge in [0.25, 0.3) is 0 Å². The van der Waals surface area contributed by atoms with Gasteiger partial charge in [0.1, 0.15) is 5.75 Å². The van der Waals surface area contributed by atoms with Crippen molar-refractivity contribution in [1.82, 2.24) is 9.78 Å². The summed E-state index contributed by atoms with van der Waals surface area (Å²) in [5.41, 5.74) is 1.46. The van der Waals surface area contributed by atoms with Gasteiger partial charge in [-0.3, -0.25) is 9.48 Å². The maximum atomic E-state index is 11.8. The number of rotatable bonds is 5. The number of aromatic nitrogens is 2. The number of methoxy groups -OCH3 is 1. The molecular formula is C14H12BrN3O2. The first-order valence-electron chi connectivity index (χ1n) is 5.87. The van der Waals surface area contributed by atoms with Gasteiger partial charge in [-0.15, -0.1) is 0 Å². The van der Waals surface area contributed by atoms with Crippen molar-refractivity contribution >= 4 is 21.7 Å². The van der Waals surface area contributed by atoms with Gasteiger partial charge < -0.3 is 4.74 Å². The molecule has 0 radical (unpaired) electrons. The van der Waals surface area contributed by atoms with E-state index in [2.05, 4.69) is 21.0 Å². The molecule has 0 spiro atoms. The largest absolute Gasteiger partial charge is 0.497 e. The molecule has 0 fully saturated rings. The lowest BCUT2D eigenvalue weighted by atomic mass is 10.2. The van der Waals surface area contributed by atoms with Gasteiger partial charge in [0, 0.05) is 6.20 Å². The highest BCUT2D eigenvalue weighted by molar-refractivity contribution is 9.10. The van der Waals surface area contributed by atoms with E-state index in [1.54, 1.807) is 18.0 Å². The van der Waals surface area contributed by atoms with Crippen molar-refractivity contribution in [3.8, 4) is 11.8 Å².